The lowest BCUT2D eigenvalue weighted by molar-refractivity contribution is 0.171. The molecule has 0 fully saturated rings. The average molecular weight is 433 g/mol. The topological polar surface area (TPSA) is 75.2 Å². The lowest BCUT2D eigenvalue weighted by Crippen LogP contribution is -2.36. The van der Waals surface area contributed by atoms with Gasteiger partial charge < -0.3 is 28.6 Å². The number of fused-ring (bicyclic) bond motifs is 5. The molecule has 0 N–H and O–H groups in total. The van der Waals surface area contributed by atoms with Crippen LogP contribution in [0.4, 0.5) is 5.69 Å². The molecular weight excluding hydrogens is 410 g/mol. The zero-order valence-corrected chi connectivity index (χ0v) is 18.0. The second-order valence-corrected chi connectivity index (χ2v) is 8.10. The van der Waals surface area contributed by atoms with Crippen molar-refractivity contribution in [3.63, 3.8) is 0 Å². The number of hydrogen-bond donors (Lipinski definition) is 0. The second kappa shape index (κ2) is 7.19. The molecule has 32 heavy (non-hydrogen) atoms. The Hall–Kier alpha value is -3.68. The highest BCUT2D eigenvalue weighted by molar-refractivity contribution is 5.70. The molecule has 0 bridgehead atoms. The van der Waals surface area contributed by atoms with Crippen LogP contribution in [-0.2, 0) is 12.0 Å². The van der Waals surface area contributed by atoms with E-state index in [0.717, 1.165) is 35.0 Å². The zero-order valence-electron chi connectivity index (χ0n) is 18.0. The molecule has 1 spiro atoms. The molecule has 1 unspecified atom stereocenters. The van der Waals surface area contributed by atoms with Crippen molar-refractivity contribution < 1.29 is 23.7 Å². The molecule has 6 rings (SSSR count). The molecule has 8 heteroatoms. The molecule has 0 saturated heterocycles. The first kappa shape index (κ1) is 19.0. The van der Waals surface area contributed by atoms with Crippen LogP contribution >= 0.6 is 0 Å². The van der Waals surface area contributed by atoms with E-state index in [0.29, 0.717) is 43.9 Å². The third kappa shape index (κ3) is 2.82. The summed E-state index contributed by atoms with van der Waals surface area (Å²) in [5, 5.41) is 0. The van der Waals surface area contributed by atoms with E-state index in [1.165, 1.54) is 5.56 Å². The largest absolute Gasteiger partial charge is 0.492 e. The van der Waals surface area contributed by atoms with Crippen molar-refractivity contribution in [2.75, 3.05) is 45.5 Å². The predicted molar refractivity (Wildman–Crippen MR) is 116 cm³/mol. The van der Waals surface area contributed by atoms with Crippen molar-refractivity contribution in [3.05, 3.63) is 59.4 Å². The standard InChI is InChI=1S/C24H23N3O5/c1-28-22-11-23(29-2)26-21(25-22)12-27-13-24(15-5-3-4-6-17(15)27)14-32-18-10-20-19(9-16(18)24)30-7-8-31-20/h3-6,9-11H,7-8,12-14H2,1-2H3. The number of nitrogens with zero attached hydrogens (tertiary/aromatic N) is 3. The Labute approximate surface area is 185 Å². The van der Waals surface area contributed by atoms with Gasteiger partial charge in [-0.3, -0.25) is 0 Å². The molecule has 0 amide bonds. The Morgan fingerprint density at radius 1 is 0.875 bits per heavy atom. The molecule has 0 saturated carbocycles. The lowest BCUT2D eigenvalue weighted by Gasteiger charge is -2.26. The summed E-state index contributed by atoms with van der Waals surface area (Å²) in [4.78, 5) is 11.4. The zero-order chi connectivity index (χ0) is 21.7. The van der Waals surface area contributed by atoms with E-state index in [1.807, 2.05) is 6.07 Å². The van der Waals surface area contributed by atoms with Crippen LogP contribution in [0.25, 0.3) is 0 Å². The summed E-state index contributed by atoms with van der Waals surface area (Å²) in [5.74, 6) is 3.96. The van der Waals surface area contributed by atoms with Crippen LogP contribution in [0.2, 0.25) is 0 Å². The van der Waals surface area contributed by atoms with Crippen molar-refractivity contribution >= 4 is 5.69 Å². The van der Waals surface area contributed by atoms with Gasteiger partial charge in [0, 0.05) is 23.9 Å². The number of para-hydroxylation sites is 1. The van der Waals surface area contributed by atoms with E-state index in [2.05, 4.69) is 45.2 Å². The SMILES string of the molecule is COc1cc(OC)nc(CN2CC3(COc4cc5c(cc43)OCCO5)c3ccccc32)n1. The third-order valence-corrected chi connectivity index (χ3v) is 6.33. The summed E-state index contributed by atoms with van der Waals surface area (Å²) in [6.45, 7) is 2.92. The summed E-state index contributed by atoms with van der Waals surface area (Å²) in [6, 6.07) is 14.2. The van der Waals surface area contributed by atoms with Crippen LogP contribution in [0, 0.1) is 0 Å². The Morgan fingerprint density at radius 2 is 1.59 bits per heavy atom. The van der Waals surface area contributed by atoms with Gasteiger partial charge in [-0.15, -0.1) is 0 Å². The van der Waals surface area contributed by atoms with Crippen LogP contribution in [0.1, 0.15) is 17.0 Å². The van der Waals surface area contributed by atoms with Crippen LogP contribution < -0.4 is 28.6 Å². The van der Waals surface area contributed by atoms with Gasteiger partial charge in [0.2, 0.25) is 11.8 Å². The van der Waals surface area contributed by atoms with Crippen molar-refractivity contribution in [2.24, 2.45) is 0 Å². The first-order valence-electron chi connectivity index (χ1n) is 10.6. The van der Waals surface area contributed by atoms with E-state index in [4.69, 9.17) is 23.7 Å². The molecule has 1 atom stereocenters. The van der Waals surface area contributed by atoms with E-state index >= 15 is 0 Å². The first-order chi connectivity index (χ1) is 15.7. The molecule has 1 aromatic heterocycles. The second-order valence-electron chi connectivity index (χ2n) is 8.10. The molecule has 3 aliphatic rings. The maximum atomic E-state index is 6.20. The molecule has 3 aliphatic heterocycles. The maximum Gasteiger partial charge on any atom is 0.220 e. The minimum atomic E-state index is -0.301. The average Bonchev–Trinajstić information content (AvgIpc) is 3.35. The fourth-order valence-corrected chi connectivity index (χ4v) is 4.89. The monoisotopic (exact) mass is 433 g/mol. The summed E-state index contributed by atoms with van der Waals surface area (Å²) < 4.78 is 28.5. The van der Waals surface area contributed by atoms with Crippen molar-refractivity contribution in [2.45, 2.75) is 12.0 Å². The number of anilines is 1. The number of aromatic nitrogens is 2. The molecule has 3 aromatic rings. The van der Waals surface area contributed by atoms with Gasteiger partial charge in [-0.25, -0.2) is 0 Å². The van der Waals surface area contributed by atoms with Crippen LogP contribution in [0.15, 0.2) is 42.5 Å². The molecule has 8 nitrogen and oxygen atoms in total. The minimum absolute atomic E-state index is 0.301. The van der Waals surface area contributed by atoms with Gasteiger partial charge >= 0.3 is 0 Å². The van der Waals surface area contributed by atoms with E-state index in [-0.39, 0.29) is 5.41 Å². The van der Waals surface area contributed by atoms with E-state index in [1.54, 1.807) is 20.3 Å². The molecular formula is C24H23N3O5. The number of hydrogen-bond acceptors (Lipinski definition) is 8. The quantitative estimate of drug-likeness (QED) is 0.622. The highest BCUT2D eigenvalue weighted by atomic mass is 16.6. The fraction of sp³-hybridized carbons (Fsp3) is 0.333. The minimum Gasteiger partial charge on any atom is -0.492 e. The number of benzene rings is 2. The Bertz CT molecular complexity index is 1180. The van der Waals surface area contributed by atoms with Crippen LogP contribution in [0.3, 0.4) is 0 Å². The summed E-state index contributed by atoms with van der Waals surface area (Å²) in [5.41, 5.74) is 3.19. The lowest BCUT2D eigenvalue weighted by atomic mass is 9.77. The smallest absolute Gasteiger partial charge is 0.220 e. The Balaban J connectivity index is 1.41. The Kier molecular flexibility index (Phi) is 4.28. The van der Waals surface area contributed by atoms with E-state index in [9.17, 15) is 0 Å². The molecule has 0 radical (unpaired) electrons. The number of methoxy groups -OCH3 is 2. The predicted octanol–water partition coefficient (Wildman–Crippen LogP) is 2.96. The molecule has 0 aliphatic carbocycles. The molecule has 164 valence electrons. The van der Waals surface area contributed by atoms with Gasteiger partial charge in [0.1, 0.15) is 25.6 Å². The van der Waals surface area contributed by atoms with Crippen LogP contribution in [0.5, 0.6) is 29.0 Å². The highest BCUT2D eigenvalue weighted by Crippen LogP contribution is 2.54. The van der Waals surface area contributed by atoms with Gasteiger partial charge in [-0.1, -0.05) is 18.2 Å². The van der Waals surface area contributed by atoms with E-state index < -0.39 is 0 Å². The van der Waals surface area contributed by atoms with Gasteiger partial charge in [0.05, 0.1) is 32.2 Å². The fourth-order valence-electron chi connectivity index (χ4n) is 4.89. The third-order valence-electron chi connectivity index (χ3n) is 6.33. The van der Waals surface area contributed by atoms with Crippen molar-refractivity contribution in [1.82, 2.24) is 9.97 Å². The van der Waals surface area contributed by atoms with Gasteiger partial charge in [-0.05, 0) is 17.7 Å². The Morgan fingerprint density at radius 3 is 2.34 bits per heavy atom. The normalized spacial score (nSPS) is 20.0. The molecule has 2 aromatic carbocycles. The first-order valence-corrected chi connectivity index (χ1v) is 10.6. The summed E-state index contributed by atoms with van der Waals surface area (Å²) in [6.07, 6.45) is 0. The van der Waals surface area contributed by atoms with Crippen molar-refractivity contribution in [3.8, 4) is 29.0 Å². The highest BCUT2D eigenvalue weighted by Gasteiger charge is 2.50. The van der Waals surface area contributed by atoms with Gasteiger partial charge in [-0.2, -0.15) is 9.97 Å². The van der Waals surface area contributed by atoms with Crippen LogP contribution in [-0.4, -0.2) is 50.6 Å². The van der Waals surface area contributed by atoms with Crippen molar-refractivity contribution in [1.29, 1.82) is 0 Å². The maximum absolute atomic E-state index is 6.20. The number of ether oxygens (including phenoxy) is 5. The van der Waals surface area contributed by atoms with Gasteiger partial charge in [0.15, 0.2) is 17.3 Å². The summed E-state index contributed by atoms with van der Waals surface area (Å²) >= 11 is 0. The summed E-state index contributed by atoms with van der Waals surface area (Å²) in [7, 11) is 3.18. The number of rotatable bonds is 4. The van der Waals surface area contributed by atoms with Gasteiger partial charge in [0.25, 0.3) is 0 Å². The molecule has 4 heterocycles.